The lowest BCUT2D eigenvalue weighted by molar-refractivity contribution is -0.137. The number of carbonyl (C=O) groups excluding carboxylic acids is 2. The number of carbonyl (C=O) groups is 2. The summed E-state index contributed by atoms with van der Waals surface area (Å²) in [5, 5.41) is 0. The third-order valence-electron chi connectivity index (χ3n) is 4.60. The summed E-state index contributed by atoms with van der Waals surface area (Å²) in [6.07, 6.45) is -3.45. The highest BCUT2D eigenvalue weighted by Crippen LogP contribution is 2.33. The van der Waals surface area contributed by atoms with Gasteiger partial charge in [0.15, 0.2) is 6.61 Å². The molecule has 0 amide bonds. The van der Waals surface area contributed by atoms with Gasteiger partial charge in [0, 0.05) is 0 Å². The van der Waals surface area contributed by atoms with Crippen molar-refractivity contribution in [3.8, 4) is 0 Å². The molecule has 6 nitrogen and oxygen atoms in total. The van der Waals surface area contributed by atoms with Gasteiger partial charge in [-0.15, -0.1) is 17.9 Å². The van der Waals surface area contributed by atoms with E-state index in [1.54, 1.807) is 0 Å². The number of Topliss-reactive ketones (excluding diaryl/α,β-unsaturated/α-hetero) is 1. The summed E-state index contributed by atoms with van der Waals surface area (Å²) in [6.45, 7) is 2.57. The van der Waals surface area contributed by atoms with Gasteiger partial charge in [0.25, 0.3) is 10.0 Å². The maximum atomic E-state index is 13.3. The molecule has 0 aliphatic carbocycles. The van der Waals surface area contributed by atoms with Crippen LogP contribution in [0.1, 0.15) is 25.6 Å². The summed E-state index contributed by atoms with van der Waals surface area (Å²) in [6, 6.07) is 11.6. The van der Waals surface area contributed by atoms with Crippen LogP contribution in [0.5, 0.6) is 0 Å². The second-order valence-corrected chi connectivity index (χ2v) is 10.6. The second-order valence-electron chi connectivity index (χ2n) is 7.00. The van der Waals surface area contributed by atoms with E-state index in [9.17, 15) is 31.2 Å². The zero-order valence-corrected chi connectivity index (χ0v) is 20.2. The lowest BCUT2D eigenvalue weighted by Gasteiger charge is -2.24. The number of sulfonamides is 1. The summed E-state index contributed by atoms with van der Waals surface area (Å²) in [5.74, 6) is -1.44. The Hall–Kier alpha value is -3.15. The fourth-order valence-electron chi connectivity index (χ4n) is 2.96. The van der Waals surface area contributed by atoms with Crippen molar-refractivity contribution in [3.63, 3.8) is 0 Å². The fraction of sp³-hybridized carbons (Fsp3) is 0.130. The van der Waals surface area contributed by atoms with Gasteiger partial charge in [-0.3, -0.25) is 9.10 Å². The number of halogens is 4. The number of hydrogen-bond donors (Lipinski definition) is 0. The van der Waals surface area contributed by atoms with Crippen LogP contribution in [-0.2, 0) is 20.9 Å². The molecule has 0 aliphatic heterocycles. The van der Waals surface area contributed by atoms with E-state index in [-0.39, 0.29) is 22.7 Å². The molecule has 12 heteroatoms. The quantitative estimate of drug-likeness (QED) is 0.192. The van der Waals surface area contributed by atoms with E-state index >= 15 is 0 Å². The summed E-state index contributed by atoms with van der Waals surface area (Å²) in [7, 11) is -4.40. The molecule has 3 rings (SSSR count). The first-order chi connectivity index (χ1) is 16.4. The van der Waals surface area contributed by atoms with Gasteiger partial charge in [0.2, 0.25) is 5.78 Å². The number of anilines is 1. The Kier molecular flexibility index (Phi) is 8.04. The third-order valence-corrected chi connectivity index (χ3v) is 7.66. The normalized spacial score (nSPS) is 11.7. The molecule has 3 aromatic rings. The standard InChI is InChI=1S/C23H17ClF3NO5S2/c1-2-11-28(17-7-4-6-16(13-17)23(25,26)27)35(31,32)18-8-3-5-15(12-18)22(30)33-14-19(29)20-9-10-21(24)34-20/h2-10,12-13H,1,11,14H2. The van der Waals surface area contributed by atoms with Crippen LogP contribution in [0.25, 0.3) is 0 Å². The molecular weight excluding hydrogens is 527 g/mol. The first kappa shape index (κ1) is 26.5. The van der Waals surface area contributed by atoms with Crippen LogP contribution < -0.4 is 4.31 Å². The molecule has 0 aliphatic rings. The Morgan fingerprint density at radius 2 is 1.80 bits per heavy atom. The molecule has 2 aromatic carbocycles. The molecular formula is C23H17ClF3NO5S2. The van der Waals surface area contributed by atoms with Gasteiger partial charge in [0.1, 0.15) is 0 Å². The minimum atomic E-state index is -4.67. The summed E-state index contributed by atoms with van der Waals surface area (Å²) < 4.78 is 72.2. The summed E-state index contributed by atoms with van der Waals surface area (Å²) >= 11 is 6.80. The molecule has 0 atom stereocenters. The molecule has 35 heavy (non-hydrogen) atoms. The largest absolute Gasteiger partial charge is 0.454 e. The summed E-state index contributed by atoms with van der Waals surface area (Å²) in [5.41, 5.74) is -1.41. The van der Waals surface area contributed by atoms with Crippen molar-refractivity contribution in [2.45, 2.75) is 11.1 Å². The van der Waals surface area contributed by atoms with E-state index in [4.69, 9.17) is 16.3 Å². The third kappa shape index (κ3) is 6.30. The molecule has 0 saturated carbocycles. The minimum absolute atomic E-state index is 0.161. The predicted octanol–water partition coefficient (Wildman–Crippen LogP) is 5.84. The number of nitrogens with zero attached hydrogens (tertiary/aromatic N) is 1. The van der Waals surface area contributed by atoms with E-state index in [2.05, 4.69) is 6.58 Å². The number of alkyl halides is 3. The van der Waals surface area contributed by atoms with Gasteiger partial charge >= 0.3 is 12.1 Å². The second kappa shape index (κ2) is 10.6. The molecule has 1 aromatic heterocycles. The maximum Gasteiger partial charge on any atom is 0.416 e. The van der Waals surface area contributed by atoms with Crippen LogP contribution in [0.3, 0.4) is 0 Å². The van der Waals surface area contributed by atoms with E-state index in [0.29, 0.717) is 15.3 Å². The van der Waals surface area contributed by atoms with Crippen LogP contribution >= 0.6 is 22.9 Å². The number of ketones is 1. The zero-order chi connectivity index (χ0) is 25.8. The maximum absolute atomic E-state index is 13.3. The first-order valence-electron chi connectivity index (χ1n) is 9.80. The van der Waals surface area contributed by atoms with Gasteiger partial charge in [0.05, 0.1) is 37.5 Å². The highest BCUT2D eigenvalue weighted by atomic mass is 35.5. The van der Waals surface area contributed by atoms with Crippen LogP contribution in [-0.4, -0.2) is 33.3 Å². The number of benzene rings is 2. The molecule has 0 unspecified atom stereocenters. The molecule has 0 fully saturated rings. The van der Waals surface area contributed by atoms with Crippen LogP contribution in [0, 0.1) is 0 Å². The molecule has 1 heterocycles. The molecule has 0 N–H and O–H groups in total. The van der Waals surface area contributed by atoms with Crippen molar-refractivity contribution < 1.29 is 35.9 Å². The zero-order valence-electron chi connectivity index (χ0n) is 17.8. The molecule has 0 saturated heterocycles. The Balaban J connectivity index is 1.86. The van der Waals surface area contributed by atoms with Gasteiger partial charge in [-0.05, 0) is 48.5 Å². The number of rotatable bonds is 9. The average Bonchev–Trinajstić information content (AvgIpc) is 3.26. The topological polar surface area (TPSA) is 80.8 Å². The van der Waals surface area contributed by atoms with Gasteiger partial charge in [-0.25, -0.2) is 13.2 Å². The van der Waals surface area contributed by atoms with Crippen molar-refractivity contribution in [2.24, 2.45) is 0 Å². The van der Waals surface area contributed by atoms with E-state index < -0.39 is 40.1 Å². The Labute approximate surface area is 208 Å². The van der Waals surface area contributed by atoms with E-state index in [1.807, 2.05) is 0 Å². The predicted molar refractivity (Wildman–Crippen MR) is 127 cm³/mol. The van der Waals surface area contributed by atoms with Crippen LogP contribution in [0.15, 0.2) is 78.2 Å². The molecule has 0 spiro atoms. The smallest absolute Gasteiger partial charge is 0.416 e. The lowest BCUT2D eigenvalue weighted by Crippen LogP contribution is -2.31. The molecule has 0 radical (unpaired) electrons. The van der Waals surface area contributed by atoms with Crippen LogP contribution in [0.4, 0.5) is 18.9 Å². The Morgan fingerprint density at radius 1 is 1.09 bits per heavy atom. The van der Waals surface area contributed by atoms with E-state index in [0.717, 1.165) is 33.8 Å². The van der Waals surface area contributed by atoms with E-state index in [1.165, 1.54) is 42.5 Å². The van der Waals surface area contributed by atoms with Crippen molar-refractivity contribution in [3.05, 3.63) is 93.7 Å². The lowest BCUT2D eigenvalue weighted by atomic mass is 10.2. The number of ether oxygens (including phenoxy) is 1. The number of thiophene rings is 1. The number of hydrogen-bond acceptors (Lipinski definition) is 6. The van der Waals surface area contributed by atoms with Crippen molar-refractivity contribution >= 4 is 50.4 Å². The monoisotopic (exact) mass is 543 g/mol. The highest BCUT2D eigenvalue weighted by Gasteiger charge is 2.32. The minimum Gasteiger partial charge on any atom is -0.454 e. The fourth-order valence-corrected chi connectivity index (χ4v) is 5.40. The Bertz CT molecular complexity index is 1370. The Morgan fingerprint density at radius 3 is 2.43 bits per heavy atom. The van der Waals surface area contributed by atoms with Gasteiger partial charge < -0.3 is 4.74 Å². The first-order valence-corrected chi connectivity index (χ1v) is 12.4. The van der Waals surface area contributed by atoms with Crippen molar-refractivity contribution in [2.75, 3.05) is 17.5 Å². The van der Waals surface area contributed by atoms with Crippen molar-refractivity contribution in [1.29, 1.82) is 0 Å². The highest BCUT2D eigenvalue weighted by molar-refractivity contribution is 7.92. The van der Waals surface area contributed by atoms with Gasteiger partial charge in [-0.1, -0.05) is 29.8 Å². The SMILES string of the molecule is C=CCN(c1cccc(C(F)(F)F)c1)S(=O)(=O)c1cccc(C(=O)OCC(=O)c2ccc(Cl)s2)c1. The average molecular weight is 544 g/mol. The number of esters is 1. The van der Waals surface area contributed by atoms with Crippen LogP contribution in [0.2, 0.25) is 4.34 Å². The summed E-state index contributed by atoms with van der Waals surface area (Å²) in [4.78, 5) is 24.5. The molecule has 0 bridgehead atoms. The van der Waals surface area contributed by atoms with Crippen molar-refractivity contribution in [1.82, 2.24) is 0 Å². The van der Waals surface area contributed by atoms with Gasteiger partial charge in [-0.2, -0.15) is 13.2 Å². The molecule has 184 valence electrons.